The van der Waals surface area contributed by atoms with Gasteiger partial charge in [0, 0.05) is 20.1 Å². The lowest BCUT2D eigenvalue weighted by Crippen LogP contribution is -2.31. The van der Waals surface area contributed by atoms with E-state index in [9.17, 15) is 13.2 Å². The Hall–Kier alpha value is -2.29. The van der Waals surface area contributed by atoms with E-state index in [1.807, 2.05) is 31.2 Å². The topological polar surface area (TPSA) is 84.9 Å². The second-order valence-corrected chi connectivity index (χ2v) is 8.90. The number of unbranched alkanes of at least 4 members (excludes halogenated alkanes) is 1. The highest BCUT2D eigenvalue weighted by molar-refractivity contribution is 7.89. The number of hydrogen-bond donors (Lipinski definition) is 1. The first-order chi connectivity index (χ1) is 14.3. The fraction of sp³-hybridized carbons (Fsp3) is 0.381. The van der Waals surface area contributed by atoms with Crippen LogP contribution in [0.2, 0.25) is 5.02 Å². The molecule has 0 heterocycles. The Bertz CT molecular complexity index is 948. The molecule has 0 aliphatic heterocycles. The molecule has 0 aromatic heterocycles. The van der Waals surface area contributed by atoms with Crippen LogP contribution in [0.5, 0.6) is 11.5 Å². The molecular formula is C21H27ClN2O5S. The lowest BCUT2D eigenvalue weighted by Gasteiger charge is -2.18. The highest BCUT2D eigenvalue weighted by atomic mass is 35.5. The molecule has 2 aromatic carbocycles. The molecule has 2 aromatic rings. The van der Waals surface area contributed by atoms with Gasteiger partial charge in [0.1, 0.15) is 11.5 Å². The largest absolute Gasteiger partial charge is 0.497 e. The van der Waals surface area contributed by atoms with E-state index in [0.717, 1.165) is 24.2 Å². The summed E-state index contributed by atoms with van der Waals surface area (Å²) >= 11 is 6.16. The lowest BCUT2D eigenvalue weighted by atomic mass is 10.2. The SMILES string of the molecule is CCCCNS(=O)(=O)c1ccc(OCC(=O)N(C)Cc2ccc(OC)cc2)c(Cl)c1. The van der Waals surface area contributed by atoms with E-state index in [1.54, 1.807) is 14.2 Å². The molecular weight excluding hydrogens is 428 g/mol. The summed E-state index contributed by atoms with van der Waals surface area (Å²) in [4.78, 5) is 13.9. The van der Waals surface area contributed by atoms with Crippen molar-refractivity contribution < 1.29 is 22.7 Å². The highest BCUT2D eigenvalue weighted by Crippen LogP contribution is 2.27. The maximum atomic E-state index is 12.4. The Morgan fingerprint density at radius 2 is 1.87 bits per heavy atom. The van der Waals surface area contributed by atoms with Crippen molar-refractivity contribution in [3.05, 3.63) is 53.1 Å². The van der Waals surface area contributed by atoms with Gasteiger partial charge >= 0.3 is 0 Å². The van der Waals surface area contributed by atoms with Crippen LogP contribution in [0.4, 0.5) is 0 Å². The normalized spacial score (nSPS) is 11.2. The van der Waals surface area contributed by atoms with Gasteiger partial charge in [0.15, 0.2) is 6.61 Å². The molecule has 30 heavy (non-hydrogen) atoms. The molecule has 0 atom stereocenters. The molecule has 0 unspecified atom stereocenters. The number of halogens is 1. The average molecular weight is 455 g/mol. The van der Waals surface area contributed by atoms with Crippen LogP contribution in [0.3, 0.4) is 0 Å². The Kier molecular flexibility index (Phi) is 8.95. The third kappa shape index (κ3) is 6.90. The molecule has 7 nitrogen and oxygen atoms in total. The second-order valence-electron chi connectivity index (χ2n) is 6.73. The summed E-state index contributed by atoms with van der Waals surface area (Å²) in [6.45, 7) is 2.55. The number of methoxy groups -OCH3 is 1. The van der Waals surface area contributed by atoms with Gasteiger partial charge in [0.2, 0.25) is 10.0 Å². The fourth-order valence-corrected chi connectivity index (χ4v) is 3.97. The molecule has 164 valence electrons. The van der Waals surface area contributed by atoms with Crippen LogP contribution in [0, 0.1) is 0 Å². The van der Waals surface area contributed by atoms with Gasteiger partial charge in [-0.05, 0) is 42.3 Å². The number of carbonyl (C=O) groups excluding carboxylic acids is 1. The van der Waals surface area contributed by atoms with Gasteiger partial charge in [-0.3, -0.25) is 4.79 Å². The molecule has 0 aliphatic carbocycles. The molecule has 0 fully saturated rings. The molecule has 2 rings (SSSR count). The smallest absolute Gasteiger partial charge is 0.260 e. The van der Waals surface area contributed by atoms with Crippen LogP contribution in [-0.2, 0) is 21.4 Å². The number of amides is 1. The zero-order valence-corrected chi connectivity index (χ0v) is 18.9. The number of benzene rings is 2. The number of ether oxygens (including phenoxy) is 2. The number of sulfonamides is 1. The summed E-state index contributed by atoms with van der Waals surface area (Å²) in [6.07, 6.45) is 1.64. The van der Waals surface area contributed by atoms with Crippen molar-refractivity contribution in [2.24, 2.45) is 0 Å². The number of hydrogen-bond acceptors (Lipinski definition) is 5. The van der Waals surface area contributed by atoms with Crippen molar-refractivity contribution in [3.8, 4) is 11.5 Å². The Labute approximate surface area is 183 Å². The van der Waals surface area contributed by atoms with Crippen molar-refractivity contribution >= 4 is 27.5 Å². The maximum Gasteiger partial charge on any atom is 0.260 e. The summed E-state index contributed by atoms with van der Waals surface area (Å²) in [5, 5.41) is 0.124. The molecule has 0 spiro atoms. The summed E-state index contributed by atoms with van der Waals surface area (Å²) < 4.78 is 37.7. The van der Waals surface area contributed by atoms with Gasteiger partial charge in [0.05, 0.1) is 17.0 Å². The van der Waals surface area contributed by atoms with Gasteiger partial charge < -0.3 is 14.4 Å². The number of carbonyl (C=O) groups is 1. The van der Waals surface area contributed by atoms with Crippen molar-refractivity contribution in [2.75, 3.05) is 27.3 Å². The number of nitrogens with zero attached hydrogens (tertiary/aromatic N) is 1. The van der Waals surface area contributed by atoms with Crippen molar-refractivity contribution in [1.29, 1.82) is 0 Å². The van der Waals surface area contributed by atoms with Crippen LogP contribution < -0.4 is 14.2 Å². The monoisotopic (exact) mass is 454 g/mol. The van der Waals surface area contributed by atoms with Gasteiger partial charge in [-0.1, -0.05) is 37.1 Å². The van der Waals surface area contributed by atoms with E-state index < -0.39 is 10.0 Å². The number of nitrogens with one attached hydrogen (secondary N) is 1. The van der Waals surface area contributed by atoms with Crippen molar-refractivity contribution in [1.82, 2.24) is 9.62 Å². The Morgan fingerprint density at radius 3 is 2.47 bits per heavy atom. The minimum Gasteiger partial charge on any atom is -0.497 e. The first-order valence-electron chi connectivity index (χ1n) is 9.55. The molecule has 0 aliphatic rings. The lowest BCUT2D eigenvalue weighted by molar-refractivity contribution is -0.132. The number of rotatable bonds is 11. The van der Waals surface area contributed by atoms with E-state index in [4.69, 9.17) is 21.1 Å². The second kappa shape index (κ2) is 11.2. The summed E-state index contributed by atoms with van der Waals surface area (Å²) in [5.74, 6) is 0.756. The Balaban J connectivity index is 1.93. The molecule has 0 saturated heterocycles. The summed E-state index contributed by atoms with van der Waals surface area (Å²) in [7, 11) is -0.359. The zero-order valence-electron chi connectivity index (χ0n) is 17.4. The van der Waals surface area contributed by atoms with Gasteiger partial charge in [0.25, 0.3) is 5.91 Å². The average Bonchev–Trinajstić information content (AvgIpc) is 2.73. The third-order valence-corrected chi connectivity index (χ3v) is 6.15. The fourth-order valence-electron chi connectivity index (χ4n) is 2.58. The highest BCUT2D eigenvalue weighted by Gasteiger charge is 2.17. The zero-order chi connectivity index (χ0) is 22.1. The first-order valence-corrected chi connectivity index (χ1v) is 11.4. The number of likely N-dealkylation sites (N-methyl/N-ethyl adjacent to an activating group) is 1. The predicted octanol–water partition coefficient (Wildman–Crippen LogP) is 3.46. The standard InChI is InChI=1S/C21H27ClN2O5S/c1-4-5-12-23-30(26,27)18-10-11-20(19(22)13-18)29-15-21(25)24(2)14-16-6-8-17(28-3)9-7-16/h6-11,13,23H,4-5,12,14-15H2,1-3H3. The minimum atomic E-state index is -3.63. The molecule has 1 amide bonds. The molecule has 9 heteroatoms. The quantitative estimate of drug-likeness (QED) is 0.525. The summed E-state index contributed by atoms with van der Waals surface area (Å²) in [6, 6.07) is 11.6. The van der Waals surface area contributed by atoms with Gasteiger partial charge in [-0.15, -0.1) is 0 Å². The molecule has 0 bridgehead atoms. The maximum absolute atomic E-state index is 12.4. The molecule has 0 radical (unpaired) electrons. The van der Waals surface area contributed by atoms with E-state index in [1.165, 1.54) is 23.1 Å². The van der Waals surface area contributed by atoms with Crippen molar-refractivity contribution in [3.63, 3.8) is 0 Å². The van der Waals surface area contributed by atoms with Crippen molar-refractivity contribution in [2.45, 2.75) is 31.2 Å². The van der Waals surface area contributed by atoms with Crippen LogP contribution in [0.15, 0.2) is 47.4 Å². The molecule has 1 N–H and O–H groups in total. The Morgan fingerprint density at radius 1 is 1.17 bits per heavy atom. The van der Waals surface area contributed by atoms with Crippen LogP contribution in [0.1, 0.15) is 25.3 Å². The molecule has 0 saturated carbocycles. The van der Waals surface area contributed by atoms with Gasteiger partial charge in [-0.2, -0.15) is 0 Å². The van der Waals surface area contributed by atoms with E-state index >= 15 is 0 Å². The van der Waals surface area contributed by atoms with Crippen LogP contribution in [0.25, 0.3) is 0 Å². The van der Waals surface area contributed by atoms with E-state index in [0.29, 0.717) is 13.1 Å². The van der Waals surface area contributed by atoms with E-state index in [2.05, 4.69) is 4.72 Å². The van der Waals surface area contributed by atoms with E-state index in [-0.39, 0.29) is 28.2 Å². The van der Waals surface area contributed by atoms with Crippen LogP contribution in [-0.4, -0.2) is 46.5 Å². The summed E-state index contributed by atoms with van der Waals surface area (Å²) in [5.41, 5.74) is 0.954. The minimum absolute atomic E-state index is 0.0545. The first kappa shape index (κ1) is 24.0. The van der Waals surface area contributed by atoms with Crippen LogP contribution >= 0.6 is 11.6 Å². The predicted molar refractivity (Wildman–Crippen MR) is 117 cm³/mol. The third-order valence-electron chi connectivity index (χ3n) is 4.39. The van der Waals surface area contributed by atoms with Gasteiger partial charge in [-0.25, -0.2) is 13.1 Å².